The normalized spacial score (nSPS) is 14.1. The van der Waals surface area contributed by atoms with Gasteiger partial charge in [0.25, 0.3) is 0 Å². The zero-order valence-electron chi connectivity index (χ0n) is 19.9. The predicted molar refractivity (Wildman–Crippen MR) is 138 cm³/mol. The SMILES string of the molecule is COC(=O)c1cc(OCc2ccccc2)c2cccc(N3CCN(Cc4ccccc4)CC3)c2n1. The van der Waals surface area contributed by atoms with Crippen molar-refractivity contribution >= 4 is 22.6 Å². The Morgan fingerprint density at radius 1 is 0.857 bits per heavy atom. The number of carbonyl (C=O) groups excluding carboxylic acids is 1. The van der Waals surface area contributed by atoms with Crippen molar-refractivity contribution in [1.29, 1.82) is 0 Å². The third-order valence-corrected chi connectivity index (χ3v) is 6.37. The Kier molecular flexibility index (Phi) is 6.91. The van der Waals surface area contributed by atoms with E-state index in [0.29, 0.717) is 12.4 Å². The molecule has 0 atom stereocenters. The van der Waals surface area contributed by atoms with Gasteiger partial charge in [0, 0.05) is 44.2 Å². The topological polar surface area (TPSA) is 54.9 Å². The molecule has 0 amide bonds. The number of ether oxygens (including phenoxy) is 2. The van der Waals surface area contributed by atoms with Crippen molar-refractivity contribution < 1.29 is 14.3 Å². The van der Waals surface area contributed by atoms with Crippen molar-refractivity contribution in [3.05, 3.63) is 102 Å². The Balaban J connectivity index is 1.41. The highest BCUT2D eigenvalue weighted by atomic mass is 16.5. The molecule has 1 saturated heterocycles. The highest BCUT2D eigenvalue weighted by Crippen LogP contribution is 2.33. The Bertz CT molecular complexity index is 1290. The van der Waals surface area contributed by atoms with Gasteiger partial charge in [0.15, 0.2) is 5.69 Å². The minimum Gasteiger partial charge on any atom is -0.488 e. The molecule has 0 N–H and O–H groups in total. The molecule has 1 aromatic heterocycles. The van der Waals surface area contributed by atoms with Crippen LogP contribution < -0.4 is 9.64 Å². The molecular weight excluding hydrogens is 438 g/mol. The van der Waals surface area contributed by atoms with Crippen LogP contribution in [-0.2, 0) is 17.9 Å². The van der Waals surface area contributed by atoms with Crippen LogP contribution in [0.15, 0.2) is 84.9 Å². The lowest BCUT2D eigenvalue weighted by Gasteiger charge is -2.36. The van der Waals surface area contributed by atoms with Gasteiger partial charge in [-0.05, 0) is 23.3 Å². The van der Waals surface area contributed by atoms with Gasteiger partial charge < -0.3 is 14.4 Å². The fourth-order valence-corrected chi connectivity index (χ4v) is 4.51. The van der Waals surface area contributed by atoms with E-state index in [0.717, 1.165) is 54.9 Å². The van der Waals surface area contributed by atoms with E-state index in [9.17, 15) is 4.79 Å². The first-order valence-electron chi connectivity index (χ1n) is 11.9. The second kappa shape index (κ2) is 10.6. The summed E-state index contributed by atoms with van der Waals surface area (Å²) in [6.45, 7) is 5.04. The quantitative estimate of drug-likeness (QED) is 0.360. The minimum absolute atomic E-state index is 0.248. The third kappa shape index (κ3) is 5.28. The summed E-state index contributed by atoms with van der Waals surface area (Å²) < 4.78 is 11.2. The fraction of sp³-hybridized carbons (Fsp3) is 0.241. The average Bonchev–Trinajstić information content (AvgIpc) is 2.92. The maximum absolute atomic E-state index is 12.4. The number of pyridine rings is 1. The van der Waals surface area contributed by atoms with Gasteiger partial charge in [-0.2, -0.15) is 0 Å². The van der Waals surface area contributed by atoms with Crippen LogP contribution in [0.5, 0.6) is 5.75 Å². The molecule has 1 aliphatic heterocycles. The number of carbonyl (C=O) groups is 1. The molecule has 3 aromatic carbocycles. The van der Waals surface area contributed by atoms with Crippen LogP contribution in [0, 0.1) is 0 Å². The van der Waals surface area contributed by atoms with Crippen LogP contribution in [0.4, 0.5) is 5.69 Å². The van der Waals surface area contributed by atoms with Crippen LogP contribution in [0.25, 0.3) is 10.9 Å². The first kappa shape index (κ1) is 22.9. The molecule has 1 aliphatic rings. The molecule has 1 fully saturated rings. The van der Waals surface area contributed by atoms with Gasteiger partial charge >= 0.3 is 5.97 Å². The molecule has 5 rings (SSSR count). The fourth-order valence-electron chi connectivity index (χ4n) is 4.51. The van der Waals surface area contributed by atoms with E-state index in [4.69, 9.17) is 14.5 Å². The first-order chi connectivity index (χ1) is 17.2. The van der Waals surface area contributed by atoms with Crippen molar-refractivity contribution in [2.45, 2.75) is 13.2 Å². The monoisotopic (exact) mass is 467 g/mol. The van der Waals surface area contributed by atoms with E-state index in [1.807, 2.05) is 42.5 Å². The zero-order valence-corrected chi connectivity index (χ0v) is 19.9. The number of anilines is 1. The molecule has 0 aliphatic carbocycles. The predicted octanol–water partition coefficient (Wildman–Crippen LogP) is 4.92. The van der Waals surface area contributed by atoms with E-state index in [1.165, 1.54) is 12.7 Å². The number of benzene rings is 3. The Morgan fingerprint density at radius 2 is 1.54 bits per heavy atom. The van der Waals surface area contributed by atoms with Crippen LogP contribution >= 0.6 is 0 Å². The summed E-state index contributed by atoms with van der Waals surface area (Å²) in [5.41, 5.74) is 4.41. The van der Waals surface area contributed by atoms with Gasteiger partial charge in [0.1, 0.15) is 12.4 Å². The molecule has 0 bridgehead atoms. The van der Waals surface area contributed by atoms with Crippen molar-refractivity contribution in [1.82, 2.24) is 9.88 Å². The third-order valence-electron chi connectivity index (χ3n) is 6.37. The summed E-state index contributed by atoms with van der Waals surface area (Å²) in [7, 11) is 1.37. The van der Waals surface area contributed by atoms with Crippen LogP contribution in [0.2, 0.25) is 0 Å². The number of methoxy groups -OCH3 is 1. The number of nitrogens with zero attached hydrogens (tertiary/aromatic N) is 3. The number of hydrogen-bond donors (Lipinski definition) is 0. The van der Waals surface area contributed by atoms with E-state index in [-0.39, 0.29) is 5.69 Å². The largest absolute Gasteiger partial charge is 0.488 e. The van der Waals surface area contributed by atoms with Crippen molar-refractivity contribution in [3.63, 3.8) is 0 Å². The Labute approximate surface area is 205 Å². The van der Waals surface area contributed by atoms with Crippen molar-refractivity contribution in [2.24, 2.45) is 0 Å². The zero-order chi connectivity index (χ0) is 24.0. The number of para-hydroxylation sites is 1. The summed E-state index contributed by atoms with van der Waals surface area (Å²) in [4.78, 5) is 22.0. The highest BCUT2D eigenvalue weighted by molar-refractivity contribution is 5.99. The van der Waals surface area contributed by atoms with E-state index >= 15 is 0 Å². The van der Waals surface area contributed by atoms with Gasteiger partial charge in [-0.25, -0.2) is 9.78 Å². The van der Waals surface area contributed by atoms with E-state index < -0.39 is 5.97 Å². The average molecular weight is 468 g/mol. The lowest BCUT2D eigenvalue weighted by Crippen LogP contribution is -2.46. The maximum atomic E-state index is 12.4. The molecule has 6 nitrogen and oxygen atoms in total. The lowest BCUT2D eigenvalue weighted by atomic mass is 10.1. The standard InChI is InChI=1S/C29H29N3O3/c1-34-29(33)25-19-27(35-21-23-11-6-3-7-12-23)24-13-8-14-26(28(24)30-25)32-17-15-31(16-18-32)20-22-9-4-2-5-10-22/h2-14,19H,15-18,20-21H2,1H3. The molecule has 0 saturated carbocycles. The van der Waals surface area contributed by atoms with Gasteiger partial charge in [0.2, 0.25) is 0 Å². The maximum Gasteiger partial charge on any atom is 0.356 e. The summed E-state index contributed by atoms with van der Waals surface area (Å²) in [6, 6.07) is 28.3. The minimum atomic E-state index is -0.473. The van der Waals surface area contributed by atoms with Gasteiger partial charge in [0.05, 0.1) is 18.3 Å². The molecular formula is C29H29N3O3. The molecule has 35 heavy (non-hydrogen) atoms. The number of aromatic nitrogens is 1. The van der Waals surface area contributed by atoms with Gasteiger partial charge in [-0.3, -0.25) is 4.90 Å². The van der Waals surface area contributed by atoms with Gasteiger partial charge in [-0.15, -0.1) is 0 Å². The first-order valence-corrected chi connectivity index (χ1v) is 11.9. The molecule has 2 heterocycles. The molecule has 0 unspecified atom stereocenters. The van der Waals surface area contributed by atoms with E-state index in [1.54, 1.807) is 6.07 Å². The number of fused-ring (bicyclic) bond motifs is 1. The summed E-state index contributed by atoms with van der Waals surface area (Å²) in [5, 5.41) is 0.887. The number of piperazine rings is 1. The number of rotatable bonds is 7. The summed E-state index contributed by atoms with van der Waals surface area (Å²) in [5.74, 6) is 0.155. The molecule has 6 heteroatoms. The molecule has 178 valence electrons. The number of esters is 1. The van der Waals surface area contributed by atoms with Crippen molar-refractivity contribution in [2.75, 3.05) is 38.2 Å². The highest BCUT2D eigenvalue weighted by Gasteiger charge is 2.22. The molecule has 0 radical (unpaired) electrons. The van der Waals surface area contributed by atoms with Crippen molar-refractivity contribution in [3.8, 4) is 5.75 Å². The van der Waals surface area contributed by atoms with Crippen LogP contribution in [0.3, 0.4) is 0 Å². The van der Waals surface area contributed by atoms with Gasteiger partial charge in [-0.1, -0.05) is 66.7 Å². The lowest BCUT2D eigenvalue weighted by molar-refractivity contribution is 0.0594. The van der Waals surface area contributed by atoms with Crippen LogP contribution in [-0.4, -0.2) is 49.1 Å². The second-order valence-corrected chi connectivity index (χ2v) is 8.69. The number of hydrogen-bond acceptors (Lipinski definition) is 6. The molecule has 0 spiro atoms. The second-order valence-electron chi connectivity index (χ2n) is 8.69. The molecule has 4 aromatic rings. The smallest absolute Gasteiger partial charge is 0.356 e. The Morgan fingerprint density at radius 3 is 2.23 bits per heavy atom. The Hall–Kier alpha value is -3.90. The van der Waals surface area contributed by atoms with Crippen LogP contribution in [0.1, 0.15) is 21.6 Å². The van der Waals surface area contributed by atoms with E-state index in [2.05, 4.69) is 46.2 Å². The summed E-state index contributed by atoms with van der Waals surface area (Å²) >= 11 is 0. The summed E-state index contributed by atoms with van der Waals surface area (Å²) in [6.07, 6.45) is 0.